The number of hydrogen-bond acceptors (Lipinski definition) is 5. The lowest BCUT2D eigenvalue weighted by Crippen LogP contribution is -2.11. The van der Waals surface area contributed by atoms with Gasteiger partial charge in [-0.15, -0.1) is 0 Å². The molecule has 5 heteroatoms. The average molecular weight is 261 g/mol. The third kappa shape index (κ3) is 3.32. The van der Waals surface area contributed by atoms with Crippen molar-refractivity contribution in [3.8, 4) is 5.75 Å². The highest BCUT2D eigenvalue weighted by atomic mass is 16.5. The van der Waals surface area contributed by atoms with E-state index in [0.717, 1.165) is 24.2 Å². The van der Waals surface area contributed by atoms with Crippen LogP contribution < -0.4 is 10.5 Å². The fourth-order valence-electron chi connectivity index (χ4n) is 1.77. The SMILES string of the molecule is CCc1nc(COc2ccccc2[C@@H](N)CC)no1. The van der Waals surface area contributed by atoms with Gasteiger partial charge in [-0.05, 0) is 12.5 Å². The predicted molar refractivity (Wildman–Crippen MR) is 71.7 cm³/mol. The summed E-state index contributed by atoms with van der Waals surface area (Å²) < 4.78 is 10.8. The summed E-state index contributed by atoms with van der Waals surface area (Å²) in [6.07, 6.45) is 1.59. The maximum absolute atomic E-state index is 6.06. The van der Waals surface area contributed by atoms with Crippen molar-refractivity contribution in [3.63, 3.8) is 0 Å². The summed E-state index contributed by atoms with van der Waals surface area (Å²) in [5.74, 6) is 1.95. The molecular weight excluding hydrogens is 242 g/mol. The van der Waals surface area contributed by atoms with Crippen LogP contribution in [0.25, 0.3) is 0 Å². The highest BCUT2D eigenvalue weighted by molar-refractivity contribution is 5.35. The predicted octanol–water partition coefficient (Wildman–Crippen LogP) is 2.62. The fourth-order valence-corrected chi connectivity index (χ4v) is 1.77. The Labute approximate surface area is 112 Å². The number of aryl methyl sites for hydroxylation is 1. The van der Waals surface area contributed by atoms with Gasteiger partial charge in [0, 0.05) is 18.0 Å². The second-order valence-electron chi connectivity index (χ2n) is 4.30. The Kier molecular flexibility index (Phi) is 4.52. The van der Waals surface area contributed by atoms with E-state index in [1.54, 1.807) is 0 Å². The van der Waals surface area contributed by atoms with Crippen molar-refractivity contribution in [2.75, 3.05) is 0 Å². The standard InChI is InChI=1S/C14H19N3O2/c1-3-11(15)10-7-5-6-8-12(10)18-9-13-16-14(4-2)19-17-13/h5-8,11H,3-4,9,15H2,1-2H3/t11-/m0/s1. The van der Waals surface area contributed by atoms with Crippen LogP contribution in [0, 0.1) is 0 Å². The number of aromatic nitrogens is 2. The monoisotopic (exact) mass is 261 g/mol. The number of nitrogens with zero attached hydrogens (tertiary/aromatic N) is 2. The Morgan fingerprint density at radius 2 is 2.11 bits per heavy atom. The van der Waals surface area contributed by atoms with E-state index in [1.807, 2.05) is 38.1 Å². The first-order chi connectivity index (χ1) is 9.24. The van der Waals surface area contributed by atoms with Gasteiger partial charge in [-0.2, -0.15) is 4.98 Å². The minimum atomic E-state index is -0.0207. The van der Waals surface area contributed by atoms with Crippen LogP contribution in [0.15, 0.2) is 28.8 Å². The Hall–Kier alpha value is -1.88. The van der Waals surface area contributed by atoms with E-state index < -0.39 is 0 Å². The molecule has 19 heavy (non-hydrogen) atoms. The first-order valence-electron chi connectivity index (χ1n) is 6.53. The normalized spacial score (nSPS) is 12.4. The van der Waals surface area contributed by atoms with Crippen LogP contribution in [0.1, 0.15) is 43.6 Å². The number of nitrogens with two attached hydrogens (primary N) is 1. The highest BCUT2D eigenvalue weighted by Gasteiger charge is 2.11. The van der Waals surface area contributed by atoms with Gasteiger partial charge in [0.25, 0.3) is 0 Å². The van der Waals surface area contributed by atoms with Gasteiger partial charge in [0.1, 0.15) is 5.75 Å². The second kappa shape index (κ2) is 6.33. The Bertz CT molecular complexity index is 525. The van der Waals surface area contributed by atoms with Crippen molar-refractivity contribution >= 4 is 0 Å². The molecule has 1 aromatic heterocycles. The number of para-hydroxylation sites is 1. The molecule has 0 unspecified atom stereocenters. The molecule has 0 spiro atoms. The molecule has 1 heterocycles. The zero-order valence-corrected chi connectivity index (χ0v) is 11.3. The van der Waals surface area contributed by atoms with E-state index in [2.05, 4.69) is 10.1 Å². The molecule has 0 radical (unpaired) electrons. The molecule has 0 saturated heterocycles. The topological polar surface area (TPSA) is 74.2 Å². The van der Waals surface area contributed by atoms with Crippen LogP contribution in [0.4, 0.5) is 0 Å². The van der Waals surface area contributed by atoms with Crippen LogP contribution in [0.2, 0.25) is 0 Å². The molecule has 0 aliphatic rings. The summed E-state index contributed by atoms with van der Waals surface area (Å²) in [6.45, 7) is 4.30. The second-order valence-corrected chi connectivity index (χ2v) is 4.30. The van der Waals surface area contributed by atoms with E-state index in [0.29, 0.717) is 11.7 Å². The lowest BCUT2D eigenvalue weighted by molar-refractivity contribution is 0.281. The smallest absolute Gasteiger partial charge is 0.226 e. The number of ether oxygens (including phenoxy) is 1. The molecule has 2 aromatic rings. The van der Waals surface area contributed by atoms with Gasteiger partial charge in [-0.1, -0.05) is 37.2 Å². The van der Waals surface area contributed by atoms with E-state index in [-0.39, 0.29) is 12.6 Å². The van der Waals surface area contributed by atoms with Gasteiger partial charge < -0.3 is 15.0 Å². The van der Waals surface area contributed by atoms with E-state index in [1.165, 1.54) is 0 Å². The Balaban J connectivity index is 2.06. The number of benzene rings is 1. The fraction of sp³-hybridized carbons (Fsp3) is 0.429. The van der Waals surface area contributed by atoms with E-state index in [9.17, 15) is 0 Å². The van der Waals surface area contributed by atoms with E-state index in [4.69, 9.17) is 15.0 Å². The van der Waals surface area contributed by atoms with Crippen molar-refractivity contribution in [1.29, 1.82) is 0 Å². The van der Waals surface area contributed by atoms with Gasteiger partial charge >= 0.3 is 0 Å². The minimum Gasteiger partial charge on any atom is -0.485 e. The minimum absolute atomic E-state index is 0.0207. The molecule has 1 aromatic carbocycles. The molecule has 2 rings (SSSR count). The molecule has 0 aliphatic heterocycles. The van der Waals surface area contributed by atoms with Crippen LogP contribution in [0.5, 0.6) is 5.75 Å². The molecule has 0 amide bonds. The van der Waals surface area contributed by atoms with Crippen molar-refractivity contribution in [2.45, 2.75) is 39.3 Å². The molecule has 0 fully saturated rings. The molecule has 5 nitrogen and oxygen atoms in total. The zero-order chi connectivity index (χ0) is 13.7. The van der Waals surface area contributed by atoms with Gasteiger partial charge in [-0.3, -0.25) is 0 Å². The molecular formula is C14H19N3O2. The molecule has 1 atom stereocenters. The van der Waals surface area contributed by atoms with Crippen molar-refractivity contribution in [3.05, 3.63) is 41.5 Å². The quantitative estimate of drug-likeness (QED) is 0.865. The summed E-state index contributed by atoms with van der Waals surface area (Å²) in [5.41, 5.74) is 7.06. The van der Waals surface area contributed by atoms with Crippen molar-refractivity contribution < 1.29 is 9.26 Å². The molecule has 0 bridgehead atoms. The summed E-state index contributed by atoms with van der Waals surface area (Å²) in [7, 11) is 0. The summed E-state index contributed by atoms with van der Waals surface area (Å²) in [6, 6.07) is 7.76. The molecule has 0 saturated carbocycles. The van der Waals surface area contributed by atoms with Gasteiger partial charge in [0.15, 0.2) is 6.61 Å². The first-order valence-corrected chi connectivity index (χ1v) is 6.53. The lowest BCUT2D eigenvalue weighted by atomic mass is 10.0. The zero-order valence-electron chi connectivity index (χ0n) is 11.3. The van der Waals surface area contributed by atoms with Gasteiger partial charge in [0.2, 0.25) is 11.7 Å². The van der Waals surface area contributed by atoms with Crippen molar-refractivity contribution in [2.24, 2.45) is 5.73 Å². The Morgan fingerprint density at radius 3 is 2.79 bits per heavy atom. The summed E-state index contributed by atoms with van der Waals surface area (Å²) >= 11 is 0. The molecule has 2 N–H and O–H groups in total. The van der Waals surface area contributed by atoms with Crippen LogP contribution in [-0.4, -0.2) is 10.1 Å². The molecule has 102 valence electrons. The third-order valence-electron chi connectivity index (χ3n) is 2.93. The maximum atomic E-state index is 6.06. The third-order valence-corrected chi connectivity index (χ3v) is 2.93. The molecule has 0 aliphatic carbocycles. The van der Waals surface area contributed by atoms with Crippen LogP contribution in [0.3, 0.4) is 0 Å². The Morgan fingerprint density at radius 1 is 1.32 bits per heavy atom. The van der Waals surface area contributed by atoms with Crippen LogP contribution in [-0.2, 0) is 13.0 Å². The number of hydrogen-bond donors (Lipinski definition) is 1. The average Bonchev–Trinajstić information content (AvgIpc) is 2.92. The lowest BCUT2D eigenvalue weighted by Gasteiger charge is -2.14. The maximum Gasteiger partial charge on any atom is 0.226 e. The summed E-state index contributed by atoms with van der Waals surface area (Å²) in [4.78, 5) is 4.20. The first kappa shape index (κ1) is 13.5. The van der Waals surface area contributed by atoms with E-state index >= 15 is 0 Å². The highest BCUT2D eigenvalue weighted by Crippen LogP contribution is 2.25. The summed E-state index contributed by atoms with van der Waals surface area (Å²) in [5, 5.41) is 3.85. The number of rotatable bonds is 6. The van der Waals surface area contributed by atoms with Gasteiger partial charge in [-0.25, -0.2) is 0 Å². The van der Waals surface area contributed by atoms with Gasteiger partial charge in [0.05, 0.1) is 0 Å². The van der Waals surface area contributed by atoms with Crippen molar-refractivity contribution in [1.82, 2.24) is 10.1 Å². The van der Waals surface area contributed by atoms with Crippen LogP contribution >= 0.6 is 0 Å². The largest absolute Gasteiger partial charge is 0.485 e.